The smallest absolute Gasteiger partial charge is 0.158 e. The van der Waals surface area contributed by atoms with Crippen LogP contribution in [-0.2, 0) is 0 Å². The van der Waals surface area contributed by atoms with Gasteiger partial charge in [-0.1, -0.05) is 0 Å². The Balaban J connectivity index is 2.00. The van der Waals surface area contributed by atoms with E-state index in [1.807, 2.05) is 0 Å². The van der Waals surface area contributed by atoms with Gasteiger partial charge in [-0.25, -0.2) is 19.9 Å². The van der Waals surface area contributed by atoms with Crippen LogP contribution in [0.15, 0.2) is 12.7 Å². The Morgan fingerprint density at radius 3 is 1.50 bits per heavy atom. The first kappa shape index (κ1) is 8.20. The average Bonchev–Trinajstić information content (AvgIpc) is 3.18. The summed E-state index contributed by atoms with van der Waals surface area (Å²) in [6.07, 6.45) is 3.21. The summed E-state index contributed by atoms with van der Waals surface area (Å²) in [4.78, 5) is 21.6. The first-order chi connectivity index (χ1) is 7.93. The minimum Gasteiger partial charge on any atom is -0.351 e. The van der Waals surface area contributed by atoms with Gasteiger partial charge in [-0.05, 0) is 0 Å². The summed E-state index contributed by atoms with van der Waals surface area (Å²) in [6.45, 7) is 4.26. The summed E-state index contributed by atoms with van der Waals surface area (Å²) in [5.74, 6) is 1.88. The Labute approximate surface area is 92.0 Å². The van der Waals surface area contributed by atoms with Crippen LogP contribution in [0.4, 0.5) is 11.6 Å². The van der Waals surface area contributed by atoms with Gasteiger partial charge < -0.3 is 9.80 Å². The second kappa shape index (κ2) is 2.78. The second-order valence-electron chi connectivity index (χ2n) is 4.07. The van der Waals surface area contributed by atoms with Crippen molar-refractivity contribution in [2.24, 2.45) is 0 Å². The monoisotopic (exact) mass is 214 g/mol. The largest absolute Gasteiger partial charge is 0.351 e. The van der Waals surface area contributed by atoms with Crippen LogP contribution >= 0.6 is 0 Å². The highest BCUT2D eigenvalue weighted by Crippen LogP contribution is 2.30. The van der Waals surface area contributed by atoms with Crippen LogP contribution < -0.4 is 9.80 Å². The normalized spacial score (nSPS) is 18.0. The van der Waals surface area contributed by atoms with Gasteiger partial charge in [0.15, 0.2) is 11.6 Å². The quantitative estimate of drug-likeness (QED) is 0.659. The van der Waals surface area contributed by atoms with Crippen LogP contribution in [-0.4, -0.2) is 46.1 Å². The molecule has 6 nitrogen and oxygen atoms in total. The average molecular weight is 214 g/mol. The Kier molecular flexibility index (Phi) is 1.42. The zero-order valence-corrected chi connectivity index (χ0v) is 8.67. The van der Waals surface area contributed by atoms with Crippen molar-refractivity contribution in [3.63, 3.8) is 0 Å². The Hall–Kier alpha value is -1.98. The molecule has 0 amide bonds. The molecule has 2 aliphatic rings. The molecule has 0 unspecified atom stereocenters. The van der Waals surface area contributed by atoms with E-state index in [0.29, 0.717) is 0 Å². The van der Waals surface area contributed by atoms with Crippen molar-refractivity contribution in [1.29, 1.82) is 0 Å². The number of hydrogen-bond acceptors (Lipinski definition) is 6. The number of rotatable bonds is 2. The van der Waals surface area contributed by atoms with Gasteiger partial charge in [0.25, 0.3) is 0 Å². The highest BCUT2D eigenvalue weighted by atomic mass is 15.3. The summed E-state index contributed by atoms with van der Waals surface area (Å²) in [5, 5.41) is 0. The van der Waals surface area contributed by atoms with Gasteiger partial charge >= 0.3 is 0 Å². The molecule has 4 rings (SSSR count). The number of fused-ring (bicyclic) bond motifs is 1. The maximum absolute atomic E-state index is 4.31. The van der Waals surface area contributed by atoms with Crippen molar-refractivity contribution in [3.05, 3.63) is 12.7 Å². The van der Waals surface area contributed by atoms with Crippen LogP contribution in [0.3, 0.4) is 0 Å². The first-order valence-electron chi connectivity index (χ1n) is 5.39. The van der Waals surface area contributed by atoms with Gasteiger partial charge in [0.2, 0.25) is 0 Å². The summed E-state index contributed by atoms with van der Waals surface area (Å²) in [5.41, 5.74) is 1.74. The molecule has 0 saturated carbocycles. The lowest BCUT2D eigenvalue weighted by Crippen LogP contribution is -2.03. The maximum atomic E-state index is 4.31. The lowest BCUT2D eigenvalue weighted by Gasteiger charge is -2.07. The Morgan fingerprint density at radius 2 is 1.12 bits per heavy atom. The molecule has 0 aromatic carbocycles. The number of hydrogen-bond donors (Lipinski definition) is 0. The van der Waals surface area contributed by atoms with Crippen LogP contribution in [0.1, 0.15) is 0 Å². The molecule has 2 saturated heterocycles. The zero-order chi connectivity index (χ0) is 10.5. The van der Waals surface area contributed by atoms with Gasteiger partial charge in [-0.3, -0.25) is 0 Å². The van der Waals surface area contributed by atoms with Crippen LogP contribution in [0, 0.1) is 0 Å². The van der Waals surface area contributed by atoms with Crippen LogP contribution in [0.2, 0.25) is 0 Å². The lowest BCUT2D eigenvalue weighted by molar-refractivity contribution is 1.11. The van der Waals surface area contributed by atoms with E-state index in [0.717, 1.165) is 48.8 Å². The summed E-state index contributed by atoms with van der Waals surface area (Å²) in [7, 11) is 0. The molecule has 0 atom stereocenters. The summed E-state index contributed by atoms with van der Waals surface area (Å²) >= 11 is 0. The first-order valence-corrected chi connectivity index (χ1v) is 5.39. The van der Waals surface area contributed by atoms with Crippen LogP contribution in [0.25, 0.3) is 11.0 Å². The molecule has 2 aromatic rings. The van der Waals surface area contributed by atoms with Crippen molar-refractivity contribution < 1.29 is 0 Å². The molecule has 0 aliphatic carbocycles. The van der Waals surface area contributed by atoms with Gasteiger partial charge in [-0.15, -0.1) is 0 Å². The topological polar surface area (TPSA) is 57.6 Å². The molecular formula is C10H10N6. The van der Waals surface area contributed by atoms with Gasteiger partial charge in [0.1, 0.15) is 23.7 Å². The molecule has 2 aromatic heterocycles. The lowest BCUT2D eigenvalue weighted by atomic mass is 10.3. The highest BCUT2D eigenvalue weighted by molar-refractivity contribution is 5.93. The fourth-order valence-electron chi connectivity index (χ4n) is 1.84. The Morgan fingerprint density at radius 1 is 0.688 bits per heavy atom. The van der Waals surface area contributed by atoms with E-state index in [1.54, 1.807) is 12.7 Å². The zero-order valence-electron chi connectivity index (χ0n) is 8.67. The standard InChI is InChI=1S/C10H10N6/c1-2-15(1)9-7-8(12-5-13-9)10(14-6-11-7)16-3-4-16/h5-6H,1-4H2. The number of anilines is 2. The molecule has 2 aliphatic heterocycles. The summed E-state index contributed by atoms with van der Waals surface area (Å²) in [6, 6.07) is 0. The van der Waals surface area contributed by atoms with Gasteiger partial charge in [-0.2, -0.15) is 0 Å². The molecule has 0 N–H and O–H groups in total. The third-order valence-electron chi connectivity index (χ3n) is 2.88. The fraction of sp³-hybridized carbons (Fsp3) is 0.400. The minimum absolute atomic E-state index is 0.872. The van der Waals surface area contributed by atoms with Crippen molar-refractivity contribution in [2.75, 3.05) is 36.0 Å². The second-order valence-corrected chi connectivity index (χ2v) is 4.07. The van der Waals surface area contributed by atoms with Gasteiger partial charge in [0, 0.05) is 26.2 Å². The van der Waals surface area contributed by atoms with E-state index < -0.39 is 0 Å². The maximum Gasteiger partial charge on any atom is 0.158 e. The van der Waals surface area contributed by atoms with Crippen molar-refractivity contribution in [3.8, 4) is 0 Å². The molecular weight excluding hydrogens is 204 g/mol. The number of nitrogens with zero attached hydrogens (tertiary/aromatic N) is 6. The fourth-order valence-corrected chi connectivity index (χ4v) is 1.84. The SMILES string of the molecule is c1nc(N2CC2)c2ncnc(N3CC3)c2n1. The third-order valence-corrected chi connectivity index (χ3v) is 2.88. The predicted molar refractivity (Wildman–Crippen MR) is 59.6 cm³/mol. The molecule has 80 valence electrons. The molecule has 16 heavy (non-hydrogen) atoms. The van der Waals surface area contributed by atoms with Gasteiger partial charge in [0.05, 0.1) is 0 Å². The summed E-state index contributed by atoms with van der Waals surface area (Å²) < 4.78 is 0. The van der Waals surface area contributed by atoms with E-state index in [1.165, 1.54) is 0 Å². The van der Waals surface area contributed by atoms with E-state index >= 15 is 0 Å². The minimum atomic E-state index is 0.872. The predicted octanol–water partition coefficient (Wildman–Crippen LogP) is 0.0598. The molecule has 2 fully saturated rings. The van der Waals surface area contributed by atoms with E-state index in [4.69, 9.17) is 0 Å². The molecule has 6 heteroatoms. The highest BCUT2D eigenvalue weighted by Gasteiger charge is 2.27. The van der Waals surface area contributed by atoms with Crippen LogP contribution in [0.5, 0.6) is 0 Å². The van der Waals surface area contributed by atoms with E-state index in [9.17, 15) is 0 Å². The molecule has 4 heterocycles. The Bertz CT molecular complexity index is 509. The molecule has 0 spiro atoms. The number of aromatic nitrogens is 4. The molecule has 0 radical (unpaired) electrons. The van der Waals surface area contributed by atoms with E-state index in [-0.39, 0.29) is 0 Å². The van der Waals surface area contributed by atoms with Crippen molar-refractivity contribution in [1.82, 2.24) is 19.9 Å². The van der Waals surface area contributed by atoms with Crippen molar-refractivity contribution >= 4 is 22.7 Å². The molecule has 0 bridgehead atoms. The van der Waals surface area contributed by atoms with Crippen molar-refractivity contribution in [2.45, 2.75) is 0 Å². The van der Waals surface area contributed by atoms with E-state index in [2.05, 4.69) is 29.7 Å². The third kappa shape index (κ3) is 1.13.